The van der Waals surface area contributed by atoms with Crippen LogP contribution in [0.2, 0.25) is 0 Å². The van der Waals surface area contributed by atoms with Crippen molar-refractivity contribution >= 4 is 17.7 Å². The van der Waals surface area contributed by atoms with Gasteiger partial charge in [0.1, 0.15) is 24.2 Å². The fraction of sp³-hybridized carbons (Fsp3) is 0.323. The Kier molecular flexibility index (Phi) is 7.74. The minimum absolute atomic E-state index is 0.185. The minimum Gasteiger partial charge on any atom is -0.489 e. The van der Waals surface area contributed by atoms with E-state index in [1.165, 1.54) is 11.0 Å². The van der Waals surface area contributed by atoms with Crippen LogP contribution in [-0.2, 0) is 29.1 Å². The molecule has 0 bridgehead atoms. The molecule has 3 amide bonds. The average Bonchev–Trinajstić information content (AvgIpc) is 3.26. The number of carbonyl (C=O) groups excluding carboxylic acids is 3. The number of carbonyl (C=O) groups is 3. The van der Waals surface area contributed by atoms with Crippen molar-refractivity contribution in [2.24, 2.45) is 0 Å². The number of hydrogen-bond donors (Lipinski definition) is 1. The van der Waals surface area contributed by atoms with E-state index in [9.17, 15) is 18.8 Å². The molecule has 5 rings (SSSR count). The van der Waals surface area contributed by atoms with Crippen molar-refractivity contribution < 1.29 is 23.5 Å². The molecule has 3 aliphatic rings. The molecule has 2 aromatic carbocycles. The van der Waals surface area contributed by atoms with Gasteiger partial charge in [-0.25, -0.2) is 4.39 Å². The lowest BCUT2D eigenvalue weighted by Crippen LogP contribution is -2.52. The van der Waals surface area contributed by atoms with Gasteiger partial charge < -0.3 is 9.64 Å². The number of allylic oxidation sites excluding steroid dienone is 2. The van der Waals surface area contributed by atoms with Gasteiger partial charge in [-0.1, -0.05) is 36.9 Å². The largest absolute Gasteiger partial charge is 0.489 e. The quantitative estimate of drug-likeness (QED) is 0.412. The third-order valence-corrected chi connectivity index (χ3v) is 7.50. The number of nitrogens with one attached hydrogen (secondary N) is 1. The van der Waals surface area contributed by atoms with Crippen LogP contribution in [0.25, 0.3) is 0 Å². The number of hydrogen-bond acceptors (Lipinski definition) is 5. The minimum atomic E-state index is -0.658. The van der Waals surface area contributed by atoms with E-state index in [-0.39, 0.29) is 30.6 Å². The molecule has 3 aliphatic heterocycles. The molecule has 1 unspecified atom stereocenters. The smallest absolute Gasteiger partial charge is 0.255 e. The van der Waals surface area contributed by atoms with E-state index >= 15 is 0 Å². The van der Waals surface area contributed by atoms with Gasteiger partial charge in [0.05, 0.1) is 6.54 Å². The highest BCUT2D eigenvalue weighted by atomic mass is 19.1. The number of rotatable bonds is 8. The fourth-order valence-electron chi connectivity index (χ4n) is 5.34. The van der Waals surface area contributed by atoms with E-state index in [0.29, 0.717) is 24.3 Å². The van der Waals surface area contributed by atoms with Gasteiger partial charge in [-0.05, 0) is 66.3 Å². The van der Waals surface area contributed by atoms with Crippen LogP contribution >= 0.6 is 0 Å². The van der Waals surface area contributed by atoms with Gasteiger partial charge in [-0.15, -0.1) is 0 Å². The van der Waals surface area contributed by atoms with Gasteiger partial charge >= 0.3 is 0 Å². The van der Waals surface area contributed by atoms with Gasteiger partial charge in [0, 0.05) is 37.2 Å². The monoisotopic (exact) mass is 529 g/mol. The van der Waals surface area contributed by atoms with Crippen LogP contribution < -0.4 is 10.1 Å². The first kappa shape index (κ1) is 26.6. The SMILES string of the molecule is C=C/C(=C\C=C(/C)COc1cccc2c1CN(C1CCC(=O)NC1=O)C2=O)CN1CCc2cc(F)ccc2C1. The topological polar surface area (TPSA) is 79.0 Å². The molecule has 0 aliphatic carbocycles. The van der Waals surface area contributed by atoms with E-state index < -0.39 is 11.9 Å². The fourth-order valence-corrected chi connectivity index (χ4v) is 5.34. The Morgan fingerprint density at radius 3 is 2.77 bits per heavy atom. The summed E-state index contributed by atoms with van der Waals surface area (Å²) in [6.45, 7) is 8.94. The predicted octanol–water partition coefficient (Wildman–Crippen LogP) is 4.08. The van der Waals surface area contributed by atoms with E-state index in [2.05, 4.69) is 16.8 Å². The van der Waals surface area contributed by atoms with E-state index in [4.69, 9.17) is 4.74 Å². The molecule has 2 aromatic rings. The zero-order valence-electron chi connectivity index (χ0n) is 22.0. The molecule has 8 heteroatoms. The molecule has 1 N–H and O–H groups in total. The van der Waals surface area contributed by atoms with Gasteiger partial charge in [-0.2, -0.15) is 0 Å². The Balaban J connectivity index is 1.20. The van der Waals surface area contributed by atoms with Crippen LogP contribution in [0.15, 0.2) is 72.4 Å². The summed E-state index contributed by atoms with van der Waals surface area (Å²) in [5, 5.41) is 2.33. The highest BCUT2D eigenvalue weighted by Crippen LogP contribution is 2.33. The Morgan fingerprint density at radius 1 is 1.13 bits per heavy atom. The van der Waals surface area contributed by atoms with Crippen LogP contribution in [0, 0.1) is 5.82 Å². The summed E-state index contributed by atoms with van der Waals surface area (Å²) >= 11 is 0. The van der Waals surface area contributed by atoms with Gasteiger partial charge in [0.2, 0.25) is 11.8 Å². The highest BCUT2D eigenvalue weighted by molar-refractivity contribution is 6.05. The Labute approximate surface area is 227 Å². The maximum Gasteiger partial charge on any atom is 0.255 e. The van der Waals surface area contributed by atoms with Gasteiger partial charge in [-0.3, -0.25) is 24.6 Å². The number of halogens is 1. The summed E-state index contributed by atoms with van der Waals surface area (Å²) in [4.78, 5) is 40.7. The number of amides is 3. The van der Waals surface area contributed by atoms with E-state index in [1.54, 1.807) is 18.2 Å². The second kappa shape index (κ2) is 11.4. The lowest BCUT2D eigenvalue weighted by atomic mass is 9.99. The molecule has 1 saturated heterocycles. The second-order valence-corrected chi connectivity index (χ2v) is 10.3. The summed E-state index contributed by atoms with van der Waals surface area (Å²) in [5.74, 6) is -0.532. The van der Waals surface area contributed by atoms with Crippen molar-refractivity contribution in [3.8, 4) is 5.75 Å². The number of fused-ring (bicyclic) bond motifs is 2. The molecule has 0 aromatic heterocycles. The first-order valence-electron chi connectivity index (χ1n) is 13.2. The Bertz CT molecular complexity index is 1400. The summed E-state index contributed by atoms with van der Waals surface area (Å²) in [5.41, 5.74) is 5.60. The zero-order valence-corrected chi connectivity index (χ0v) is 22.0. The molecule has 0 spiro atoms. The van der Waals surface area contributed by atoms with Gasteiger partial charge in [0.15, 0.2) is 0 Å². The van der Waals surface area contributed by atoms with Gasteiger partial charge in [0.25, 0.3) is 5.91 Å². The van der Waals surface area contributed by atoms with Crippen molar-refractivity contribution in [1.29, 1.82) is 0 Å². The first-order valence-corrected chi connectivity index (χ1v) is 13.2. The number of imide groups is 1. The summed E-state index contributed by atoms with van der Waals surface area (Å²) in [7, 11) is 0. The zero-order chi connectivity index (χ0) is 27.5. The summed E-state index contributed by atoms with van der Waals surface area (Å²) in [6, 6.07) is 9.71. The molecule has 39 heavy (non-hydrogen) atoms. The average molecular weight is 530 g/mol. The van der Waals surface area contributed by atoms with Crippen molar-refractivity contribution in [3.05, 3.63) is 100 Å². The Hall–Kier alpha value is -4.04. The molecule has 202 valence electrons. The lowest BCUT2D eigenvalue weighted by Gasteiger charge is -2.29. The van der Waals surface area contributed by atoms with Crippen molar-refractivity contribution in [1.82, 2.24) is 15.1 Å². The summed E-state index contributed by atoms with van der Waals surface area (Å²) in [6.07, 6.45) is 7.26. The van der Waals surface area contributed by atoms with Crippen molar-refractivity contribution in [3.63, 3.8) is 0 Å². The summed E-state index contributed by atoms with van der Waals surface area (Å²) < 4.78 is 19.6. The third-order valence-electron chi connectivity index (χ3n) is 7.50. The predicted molar refractivity (Wildman–Crippen MR) is 145 cm³/mol. The maximum atomic E-state index is 13.5. The normalized spacial score (nSPS) is 20.0. The number of piperidine rings is 1. The Morgan fingerprint density at radius 2 is 1.97 bits per heavy atom. The molecule has 0 radical (unpaired) electrons. The molecule has 0 saturated carbocycles. The van der Waals surface area contributed by atoms with Crippen LogP contribution in [0.3, 0.4) is 0 Å². The molecule has 7 nitrogen and oxygen atoms in total. The van der Waals surface area contributed by atoms with Crippen molar-refractivity contribution in [2.75, 3.05) is 19.7 Å². The van der Waals surface area contributed by atoms with E-state index in [0.717, 1.165) is 53.9 Å². The molecular formula is C31H32FN3O4. The number of benzene rings is 2. The number of ether oxygens (including phenoxy) is 1. The van der Waals surface area contributed by atoms with Crippen LogP contribution in [0.5, 0.6) is 5.75 Å². The molecule has 1 fully saturated rings. The third kappa shape index (κ3) is 5.86. The van der Waals surface area contributed by atoms with Crippen LogP contribution in [0.4, 0.5) is 4.39 Å². The highest BCUT2D eigenvalue weighted by Gasteiger charge is 2.40. The molecule has 1 atom stereocenters. The van der Waals surface area contributed by atoms with Crippen molar-refractivity contribution in [2.45, 2.75) is 45.3 Å². The lowest BCUT2D eigenvalue weighted by molar-refractivity contribution is -0.136. The van der Waals surface area contributed by atoms with E-state index in [1.807, 2.05) is 37.3 Å². The standard InChI is InChI=1S/C31H32FN3O4/c1-3-21(16-34-14-13-22-15-24(32)10-9-23(22)17-34)8-7-20(2)19-39-28-6-4-5-25-26(28)18-35(31(25)38)27-11-12-29(36)33-30(27)37/h3-10,15,27H,1,11-14,16-19H2,2H3,(H,33,36,37)/b20-7+,21-8+. The number of nitrogens with zero attached hydrogens (tertiary/aromatic N) is 2. The van der Waals surface area contributed by atoms with Crippen LogP contribution in [0.1, 0.15) is 46.8 Å². The van der Waals surface area contributed by atoms with Crippen LogP contribution in [-0.4, -0.2) is 53.3 Å². The molecular weight excluding hydrogens is 497 g/mol. The second-order valence-electron chi connectivity index (χ2n) is 10.3. The first-order chi connectivity index (χ1) is 18.8. The molecule has 3 heterocycles. The maximum absolute atomic E-state index is 13.5.